The second kappa shape index (κ2) is 10.3. The smallest absolute Gasteiger partial charge is 0.410 e. The molecule has 0 spiro atoms. The number of anilines is 1. The lowest BCUT2D eigenvalue weighted by atomic mass is 9.97. The molecule has 9 nitrogen and oxygen atoms in total. The Balaban J connectivity index is 1.43. The molecule has 172 valence electrons. The maximum absolute atomic E-state index is 12.9. The molecule has 0 aliphatic carbocycles. The molecule has 2 amide bonds. The lowest BCUT2D eigenvalue weighted by molar-refractivity contribution is -0.133. The first-order chi connectivity index (χ1) is 14.7. The standard InChI is InChI=1S/C22H36N6O3/c1-22(2,3)31-21(30)25(4)15-18-7-5-10-26(16-18)17-19(29)27-11-13-28(14-12-27)20-23-8-6-9-24-20/h6,8-9,18H,5,7,10-17H2,1-4H3. The van der Waals surface area contributed by atoms with Gasteiger partial charge in [0.25, 0.3) is 0 Å². The Morgan fingerprint density at radius 3 is 2.45 bits per heavy atom. The number of aromatic nitrogens is 2. The third-order valence-corrected chi connectivity index (χ3v) is 5.67. The first-order valence-electron chi connectivity index (χ1n) is 11.2. The van der Waals surface area contributed by atoms with Crippen LogP contribution in [-0.2, 0) is 9.53 Å². The van der Waals surface area contributed by atoms with Crippen molar-refractivity contribution in [3.05, 3.63) is 18.5 Å². The number of hydrogen-bond donors (Lipinski definition) is 0. The topological polar surface area (TPSA) is 82.1 Å². The molecule has 0 N–H and O–H groups in total. The second-order valence-electron chi connectivity index (χ2n) is 9.52. The Morgan fingerprint density at radius 2 is 1.81 bits per heavy atom. The van der Waals surface area contributed by atoms with Crippen LogP contribution >= 0.6 is 0 Å². The van der Waals surface area contributed by atoms with Gasteiger partial charge in [0.15, 0.2) is 0 Å². The molecule has 1 aromatic rings. The van der Waals surface area contributed by atoms with E-state index in [0.717, 1.165) is 45.0 Å². The Morgan fingerprint density at radius 1 is 1.13 bits per heavy atom. The van der Waals surface area contributed by atoms with E-state index in [1.807, 2.05) is 25.7 Å². The fourth-order valence-corrected chi connectivity index (χ4v) is 4.15. The first kappa shape index (κ1) is 23.2. The number of piperazine rings is 1. The number of likely N-dealkylation sites (tertiary alicyclic amines) is 1. The van der Waals surface area contributed by atoms with Gasteiger partial charge in [0, 0.05) is 58.7 Å². The zero-order valence-corrected chi connectivity index (χ0v) is 19.3. The van der Waals surface area contributed by atoms with Crippen LogP contribution in [0.1, 0.15) is 33.6 Å². The van der Waals surface area contributed by atoms with E-state index in [2.05, 4.69) is 19.8 Å². The van der Waals surface area contributed by atoms with E-state index in [4.69, 9.17) is 4.74 Å². The molecular formula is C22H36N6O3. The van der Waals surface area contributed by atoms with E-state index in [-0.39, 0.29) is 12.0 Å². The van der Waals surface area contributed by atoms with Gasteiger partial charge in [-0.2, -0.15) is 0 Å². The number of nitrogens with zero attached hydrogens (tertiary/aromatic N) is 6. The molecule has 0 bridgehead atoms. The van der Waals surface area contributed by atoms with E-state index >= 15 is 0 Å². The highest BCUT2D eigenvalue weighted by atomic mass is 16.6. The number of carbonyl (C=O) groups excluding carboxylic acids is 2. The first-order valence-corrected chi connectivity index (χ1v) is 11.2. The molecule has 2 aliphatic rings. The average molecular weight is 433 g/mol. The van der Waals surface area contributed by atoms with Gasteiger partial charge in [0.1, 0.15) is 5.60 Å². The molecule has 2 fully saturated rings. The third-order valence-electron chi connectivity index (χ3n) is 5.67. The molecular weight excluding hydrogens is 396 g/mol. The zero-order valence-electron chi connectivity index (χ0n) is 19.3. The van der Waals surface area contributed by atoms with Crippen molar-refractivity contribution in [1.82, 2.24) is 24.7 Å². The molecule has 31 heavy (non-hydrogen) atoms. The third kappa shape index (κ3) is 7.05. The quantitative estimate of drug-likeness (QED) is 0.700. The highest BCUT2D eigenvalue weighted by molar-refractivity contribution is 5.78. The average Bonchev–Trinajstić information content (AvgIpc) is 2.73. The number of rotatable bonds is 5. The normalized spacial score (nSPS) is 20.5. The molecule has 3 heterocycles. The number of carbonyl (C=O) groups is 2. The van der Waals surface area contributed by atoms with Crippen molar-refractivity contribution in [3.8, 4) is 0 Å². The maximum Gasteiger partial charge on any atom is 0.410 e. The van der Waals surface area contributed by atoms with Gasteiger partial charge < -0.3 is 19.4 Å². The van der Waals surface area contributed by atoms with Crippen LogP contribution in [0.4, 0.5) is 10.7 Å². The minimum absolute atomic E-state index is 0.176. The summed E-state index contributed by atoms with van der Waals surface area (Å²) in [6, 6.07) is 1.81. The SMILES string of the molecule is CN(CC1CCCN(CC(=O)N2CCN(c3ncccn3)CC2)C1)C(=O)OC(C)(C)C. The van der Waals surface area contributed by atoms with Crippen LogP contribution in [-0.4, -0.2) is 102 Å². The summed E-state index contributed by atoms with van der Waals surface area (Å²) in [6.07, 6.45) is 5.30. The predicted molar refractivity (Wildman–Crippen MR) is 119 cm³/mol. The molecule has 3 rings (SSSR count). The minimum atomic E-state index is -0.493. The van der Waals surface area contributed by atoms with Crippen molar-refractivity contribution in [3.63, 3.8) is 0 Å². The van der Waals surface area contributed by atoms with Crippen LogP contribution in [0.3, 0.4) is 0 Å². The van der Waals surface area contributed by atoms with Crippen molar-refractivity contribution in [2.45, 2.75) is 39.2 Å². The van der Waals surface area contributed by atoms with E-state index in [0.29, 0.717) is 32.1 Å². The lowest BCUT2D eigenvalue weighted by Gasteiger charge is -2.38. The van der Waals surface area contributed by atoms with Gasteiger partial charge in [-0.3, -0.25) is 9.69 Å². The Bertz CT molecular complexity index is 731. The number of ether oxygens (including phenoxy) is 1. The summed E-state index contributed by atoms with van der Waals surface area (Å²) in [5, 5.41) is 0. The monoisotopic (exact) mass is 432 g/mol. The summed E-state index contributed by atoms with van der Waals surface area (Å²) in [7, 11) is 1.79. The molecule has 2 aliphatic heterocycles. The second-order valence-corrected chi connectivity index (χ2v) is 9.52. The van der Waals surface area contributed by atoms with Gasteiger partial charge in [-0.15, -0.1) is 0 Å². The fourth-order valence-electron chi connectivity index (χ4n) is 4.15. The van der Waals surface area contributed by atoms with Crippen LogP contribution < -0.4 is 4.90 Å². The van der Waals surface area contributed by atoms with E-state index in [1.54, 1.807) is 30.4 Å². The number of hydrogen-bond acceptors (Lipinski definition) is 7. The van der Waals surface area contributed by atoms with Gasteiger partial charge in [0.2, 0.25) is 11.9 Å². The van der Waals surface area contributed by atoms with Gasteiger partial charge in [-0.1, -0.05) is 0 Å². The maximum atomic E-state index is 12.9. The number of piperidine rings is 1. The van der Waals surface area contributed by atoms with Crippen LogP contribution in [0.2, 0.25) is 0 Å². The van der Waals surface area contributed by atoms with Crippen LogP contribution in [0.5, 0.6) is 0 Å². The van der Waals surface area contributed by atoms with Gasteiger partial charge >= 0.3 is 6.09 Å². The summed E-state index contributed by atoms with van der Waals surface area (Å²) in [6.45, 7) is 11.3. The molecule has 0 saturated carbocycles. The molecule has 1 atom stereocenters. The Labute approximate surface area is 185 Å². The minimum Gasteiger partial charge on any atom is -0.444 e. The van der Waals surface area contributed by atoms with Gasteiger partial charge in [-0.25, -0.2) is 14.8 Å². The van der Waals surface area contributed by atoms with Crippen molar-refractivity contribution in [1.29, 1.82) is 0 Å². The molecule has 9 heteroatoms. The van der Waals surface area contributed by atoms with Crippen molar-refractivity contribution >= 4 is 17.9 Å². The fraction of sp³-hybridized carbons (Fsp3) is 0.727. The van der Waals surface area contributed by atoms with Gasteiger partial charge in [0.05, 0.1) is 6.54 Å². The van der Waals surface area contributed by atoms with E-state index in [9.17, 15) is 9.59 Å². The number of amides is 2. The molecule has 0 aromatic carbocycles. The largest absolute Gasteiger partial charge is 0.444 e. The van der Waals surface area contributed by atoms with Crippen LogP contribution in [0.15, 0.2) is 18.5 Å². The molecule has 1 unspecified atom stereocenters. The lowest BCUT2D eigenvalue weighted by Crippen LogP contribution is -2.52. The Kier molecular flexibility index (Phi) is 7.69. The van der Waals surface area contributed by atoms with Gasteiger partial charge in [-0.05, 0) is 52.1 Å². The highest BCUT2D eigenvalue weighted by Gasteiger charge is 2.28. The summed E-state index contributed by atoms with van der Waals surface area (Å²) in [5.74, 6) is 1.25. The van der Waals surface area contributed by atoms with E-state index < -0.39 is 5.60 Å². The molecule has 0 radical (unpaired) electrons. The zero-order chi connectivity index (χ0) is 22.4. The van der Waals surface area contributed by atoms with Crippen LogP contribution in [0, 0.1) is 5.92 Å². The van der Waals surface area contributed by atoms with Crippen molar-refractivity contribution in [2.75, 3.05) is 64.3 Å². The molecule has 1 aromatic heterocycles. The predicted octanol–water partition coefficient (Wildman–Crippen LogP) is 1.70. The summed E-state index contributed by atoms with van der Waals surface area (Å²) in [4.78, 5) is 41.6. The summed E-state index contributed by atoms with van der Waals surface area (Å²) < 4.78 is 5.45. The highest BCUT2D eigenvalue weighted by Crippen LogP contribution is 2.19. The van der Waals surface area contributed by atoms with Crippen molar-refractivity contribution in [2.24, 2.45) is 5.92 Å². The summed E-state index contributed by atoms with van der Waals surface area (Å²) >= 11 is 0. The Hall–Kier alpha value is -2.42. The summed E-state index contributed by atoms with van der Waals surface area (Å²) in [5.41, 5.74) is -0.493. The van der Waals surface area contributed by atoms with Crippen LogP contribution in [0.25, 0.3) is 0 Å². The van der Waals surface area contributed by atoms with E-state index in [1.165, 1.54) is 0 Å². The molecule has 2 saturated heterocycles. The van der Waals surface area contributed by atoms with Crippen molar-refractivity contribution < 1.29 is 14.3 Å².